The number of hydrogen-bond acceptors (Lipinski definition) is 2. The molecule has 3 aromatic rings. The molecule has 0 spiro atoms. The Morgan fingerprint density at radius 2 is 1.81 bits per heavy atom. The molecule has 0 saturated carbocycles. The first-order valence-corrected chi connectivity index (χ1v) is 8.36. The van der Waals surface area contributed by atoms with E-state index in [-0.39, 0.29) is 0 Å². The van der Waals surface area contributed by atoms with Crippen molar-refractivity contribution in [3.05, 3.63) is 56.9 Å². The monoisotopic (exact) mass is 408 g/mol. The highest BCUT2D eigenvalue weighted by molar-refractivity contribution is 14.1. The van der Waals surface area contributed by atoms with Gasteiger partial charge in [-0.3, -0.25) is 0 Å². The largest absolute Gasteiger partial charge is 0.232 e. The maximum absolute atomic E-state index is 6.30. The number of rotatable bonds is 3. The number of fused-ring (bicyclic) bond motifs is 1. The van der Waals surface area contributed by atoms with Crippen LogP contribution in [0.4, 0.5) is 0 Å². The van der Waals surface area contributed by atoms with E-state index in [1.54, 1.807) is 0 Å². The van der Waals surface area contributed by atoms with Crippen LogP contribution in [0, 0.1) is 3.57 Å². The van der Waals surface area contributed by atoms with Crippen LogP contribution in [0.1, 0.15) is 19.0 Å². The van der Waals surface area contributed by atoms with Gasteiger partial charge in [-0.05, 0) is 39.8 Å². The SMILES string of the molecule is CCCc1nc(-c2cccc3ccccc23)nc(Cl)c1I. The van der Waals surface area contributed by atoms with Gasteiger partial charge in [0.2, 0.25) is 0 Å². The molecule has 0 atom stereocenters. The van der Waals surface area contributed by atoms with Crippen molar-refractivity contribution < 1.29 is 0 Å². The van der Waals surface area contributed by atoms with Gasteiger partial charge in [0, 0.05) is 5.56 Å². The van der Waals surface area contributed by atoms with E-state index in [1.807, 2.05) is 18.2 Å². The molecule has 0 unspecified atom stereocenters. The molecule has 0 bridgehead atoms. The summed E-state index contributed by atoms with van der Waals surface area (Å²) in [5.41, 5.74) is 2.06. The lowest BCUT2D eigenvalue weighted by Crippen LogP contribution is -2.01. The number of benzene rings is 2. The van der Waals surface area contributed by atoms with Gasteiger partial charge >= 0.3 is 0 Å². The second kappa shape index (κ2) is 6.28. The molecule has 0 aliphatic rings. The summed E-state index contributed by atoms with van der Waals surface area (Å²) in [7, 11) is 0. The van der Waals surface area contributed by atoms with Crippen molar-refractivity contribution in [2.75, 3.05) is 0 Å². The Balaban J connectivity index is 2.23. The zero-order chi connectivity index (χ0) is 14.8. The predicted molar refractivity (Wildman–Crippen MR) is 96.7 cm³/mol. The number of aryl methyl sites for hydroxylation is 1. The average Bonchev–Trinajstić information content (AvgIpc) is 2.51. The van der Waals surface area contributed by atoms with Crippen LogP contribution in [0.2, 0.25) is 5.15 Å². The molecule has 2 aromatic carbocycles. The Morgan fingerprint density at radius 3 is 2.62 bits per heavy atom. The number of aromatic nitrogens is 2. The zero-order valence-electron chi connectivity index (χ0n) is 11.6. The lowest BCUT2D eigenvalue weighted by atomic mass is 10.0. The van der Waals surface area contributed by atoms with Crippen LogP contribution >= 0.6 is 34.2 Å². The van der Waals surface area contributed by atoms with Crippen LogP contribution in [0.5, 0.6) is 0 Å². The fourth-order valence-corrected chi connectivity index (χ4v) is 3.11. The first-order chi connectivity index (χ1) is 10.2. The summed E-state index contributed by atoms with van der Waals surface area (Å²) in [5.74, 6) is 0.709. The van der Waals surface area contributed by atoms with E-state index < -0.39 is 0 Å². The van der Waals surface area contributed by atoms with Gasteiger partial charge in [0.25, 0.3) is 0 Å². The van der Waals surface area contributed by atoms with Gasteiger partial charge in [0.05, 0.1) is 9.26 Å². The normalized spacial score (nSPS) is 11.0. The van der Waals surface area contributed by atoms with Crippen LogP contribution in [0.25, 0.3) is 22.2 Å². The molecule has 106 valence electrons. The molecule has 0 fully saturated rings. The van der Waals surface area contributed by atoms with E-state index in [0.29, 0.717) is 11.0 Å². The fraction of sp³-hybridized carbons (Fsp3) is 0.176. The minimum atomic E-state index is 0.539. The molecule has 0 radical (unpaired) electrons. The van der Waals surface area contributed by atoms with Crippen LogP contribution in [0.3, 0.4) is 0 Å². The molecule has 0 aliphatic heterocycles. The summed E-state index contributed by atoms with van der Waals surface area (Å²) in [6.07, 6.45) is 1.95. The maximum atomic E-state index is 6.30. The summed E-state index contributed by atoms with van der Waals surface area (Å²) in [6, 6.07) is 14.5. The van der Waals surface area contributed by atoms with Gasteiger partial charge in [-0.15, -0.1) is 0 Å². The highest BCUT2D eigenvalue weighted by Crippen LogP contribution is 2.29. The Kier molecular flexibility index (Phi) is 4.40. The Bertz CT molecular complexity index is 797. The van der Waals surface area contributed by atoms with E-state index >= 15 is 0 Å². The van der Waals surface area contributed by atoms with Gasteiger partial charge in [-0.25, -0.2) is 9.97 Å². The molecule has 3 rings (SSSR count). The second-order valence-electron chi connectivity index (χ2n) is 4.88. The van der Waals surface area contributed by atoms with Crippen LogP contribution in [-0.2, 0) is 6.42 Å². The smallest absolute Gasteiger partial charge is 0.161 e. The van der Waals surface area contributed by atoms with E-state index in [1.165, 1.54) is 5.39 Å². The Morgan fingerprint density at radius 1 is 1.05 bits per heavy atom. The summed E-state index contributed by atoms with van der Waals surface area (Å²) < 4.78 is 0.958. The molecule has 1 aromatic heterocycles. The van der Waals surface area contributed by atoms with E-state index in [4.69, 9.17) is 16.6 Å². The van der Waals surface area contributed by atoms with Crippen molar-refractivity contribution >= 4 is 45.0 Å². The van der Waals surface area contributed by atoms with Crippen molar-refractivity contribution in [2.24, 2.45) is 0 Å². The summed E-state index contributed by atoms with van der Waals surface area (Å²) >= 11 is 8.52. The average molecular weight is 409 g/mol. The van der Waals surface area contributed by atoms with Crippen LogP contribution < -0.4 is 0 Å². The maximum Gasteiger partial charge on any atom is 0.161 e. The molecular formula is C17H14ClIN2. The third-order valence-electron chi connectivity index (χ3n) is 3.40. The first-order valence-electron chi connectivity index (χ1n) is 6.90. The molecule has 0 amide bonds. The predicted octanol–water partition coefficient (Wildman–Crippen LogP) is 5.51. The van der Waals surface area contributed by atoms with Crippen LogP contribution in [-0.4, -0.2) is 9.97 Å². The van der Waals surface area contributed by atoms with Crippen molar-refractivity contribution in [2.45, 2.75) is 19.8 Å². The highest BCUT2D eigenvalue weighted by atomic mass is 127. The molecule has 0 aliphatic carbocycles. The van der Waals surface area contributed by atoms with Gasteiger partial charge in [-0.1, -0.05) is 67.4 Å². The standard InChI is InChI=1S/C17H14ClIN2/c1-2-6-14-15(19)16(18)21-17(20-14)13-10-5-8-11-7-3-4-9-12(11)13/h3-5,7-10H,2,6H2,1H3. The summed E-state index contributed by atoms with van der Waals surface area (Å²) in [6.45, 7) is 2.14. The summed E-state index contributed by atoms with van der Waals surface area (Å²) in [4.78, 5) is 9.22. The Hall–Kier alpha value is -1.20. The minimum absolute atomic E-state index is 0.539. The lowest BCUT2D eigenvalue weighted by Gasteiger charge is -2.09. The highest BCUT2D eigenvalue weighted by Gasteiger charge is 2.13. The molecule has 0 N–H and O–H groups in total. The molecule has 0 saturated heterocycles. The van der Waals surface area contributed by atoms with E-state index in [0.717, 1.165) is 33.1 Å². The molecule has 4 heteroatoms. The van der Waals surface area contributed by atoms with Crippen molar-refractivity contribution in [3.63, 3.8) is 0 Å². The van der Waals surface area contributed by atoms with Gasteiger partial charge in [0.1, 0.15) is 5.15 Å². The number of nitrogens with zero attached hydrogens (tertiary/aromatic N) is 2. The molecule has 2 nitrogen and oxygen atoms in total. The van der Waals surface area contributed by atoms with E-state index in [2.05, 4.69) is 58.8 Å². The minimum Gasteiger partial charge on any atom is -0.232 e. The zero-order valence-corrected chi connectivity index (χ0v) is 14.5. The fourth-order valence-electron chi connectivity index (χ4n) is 2.41. The first kappa shape index (κ1) is 14.7. The topological polar surface area (TPSA) is 25.8 Å². The summed E-state index contributed by atoms with van der Waals surface area (Å²) in [5, 5.41) is 2.88. The Labute approximate surface area is 142 Å². The molecule has 1 heterocycles. The second-order valence-corrected chi connectivity index (χ2v) is 6.31. The van der Waals surface area contributed by atoms with Gasteiger partial charge < -0.3 is 0 Å². The van der Waals surface area contributed by atoms with Crippen molar-refractivity contribution in [1.29, 1.82) is 0 Å². The van der Waals surface area contributed by atoms with Gasteiger partial charge in [-0.2, -0.15) is 0 Å². The quantitative estimate of drug-likeness (QED) is 0.422. The number of hydrogen-bond donors (Lipinski definition) is 0. The van der Waals surface area contributed by atoms with Crippen molar-refractivity contribution in [3.8, 4) is 11.4 Å². The van der Waals surface area contributed by atoms with Crippen LogP contribution in [0.15, 0.2) is 42.5 Å². The lowest BCUT2D eigenvalue weighted by molar-refractivity contribution is 0.867. The van der Waals surface area contributed by atoms with E-state index in [9.17, 15) is 0 Å². The third-order valence-corrected chi connectivity index (χ3v) is 5.12. The molecular weight excluding hydrogens is 395 g/mol. The molecule has 21 heavy (non-hydrogen) atoms. The third kappa shape index (κ3) is 2.90. The van der Waals surface area contributed by atoms with Crippen molar-refractivity contribution in [1.82, 2.24) is 9.97 Å². The number of halogens is 2. The van der Waals surface area contributed by atoms with Gasteiger partial charge in [0.15, 0.2) is 5.82 Å².